The van der Waals surface area contributed by atoms with Gasteiger partial charge in [0.15, 0.2) is 5.82 Å². The highest BCUT2D eigenvalue weighted by Crippen LogP contribution is 2.39. The van der Waals surface area contributed by atoms with E-state index < -0.39 is 23.1 Å². The molecule has 9 heteroatoms. The minimum atomic E-state index is -1.65. The maximum Gasteiger partial charge on any atom is 0.410 e. The van der Waals surface area contributed by atoms with Crippen molar-refractivity contribution < 1.29 is 19.0 Å². The van der Waals surface area contributed by atoms with E-state index in [-0.39, 0.29) is 24.7 Å². The number of halogens is 1. The van der Waals surface area contributed by atoms with Gasteiger partial charge in [-0.05, 0) is 18.9 Å². The van der Waals surface area contributed by atoms with E-state index in [0.717, 1.165) is 11.1 Å². The summed E-state index contributed by atoms with van der Waals surface area (Å²) in [7, 11) is 0. The number of nitrogens with zero attached hydrogens (tertiary/aromatic N) is 5. The van der Waals surface area contributed by atoms with Gasteiger partial charge < -0.3 is 9.84 Å². The van der Waals surface area contributed by atoms with Crippen LogP contribution in [0.4, 0.5) is 9.18 Å². The van der Waals surface area contributed by atoms with Crippen molar-refractivity contribution in [3.63, 3.8) is 0 Å². The molecule has 0 aliphatic carbocycles. The molecule has 1 amide bonds. The average Bonchev–Trinajstić information content (AvgIpc) is 2.62. The Morgan fingerprint density at radius 3 is 2.59 bits per heavy atom. The van der Waals surface area contributed by atoms with Gasteiger partial charge >= 0.3 is 12.1 Å². The van der Waals surface area contributed by atoms with E-state index in [1.807, 2.05) is 20.8 Å². The van der Waals surface area contributed by atoms with Crippen LogP contribution in [0.15, 0.2) is 24.7 Å². The molecule has 2 aromatic heterocycles. The Labute approximate surface area is 156 Å². The first-order valence-electron chi connectivity index (χ1n) is 8.74. The largest absolute Gasteiger partial charge is 0.465 e. The molecule has 1 saturated heterocycles. The number of likely N-dealkylation sites (tertiary alicyclic amines) is 1. The summed E-state index contributed by atoms with van der Waals surface area (Å²) in [4.78, 5) is 29.5. The van der Waals surface area contributed by atoms with Gasteiger partial charge in [-0.3, -0.25) is 4.90 Å². The maximum absolute atomic E-state index is 14.9. The van der Waals surface area contributed by atoms with E-state index in [0.29, 0.717) is 18.7 Å². The molecule has 1 atom stereocenters. The van der Waals surface area contributed by atoms with Crippen LogP contribution in [0.3, 0.4) is 0 Å². The van der Waals surface area contributed by atoms with Crippen LogP contribution in [0.1, 0.15) is 51.6 Å². The molecule has 0 bridgehead atoms. The summed E-state index contributed by atoms with van der Waals surface area (Å²) in [5.41, 5.74) is -2.22. The highest BCUT2D eigenvalue weighted by molar-refractivity contribution is 5.66. The SMILES string of the molecule is CC(C)(C)c1ncc(F)c(C2(Oc3ncccn3)CCCCN2C(=O)O)n1. The molecule has 144 valence electrons. The van der Waals surface area contributed by atoms with E-state index in [2.05, 4.69) is 19.9 Å². The number of rotatable bonds is 3. The van der Waals surface area contributed by atoms with Gasteiger partial charge in [-0.15, -0.1) is 0 Å². The lowest BCUT2D eigenvalue weighted by Gasteiger charge is -2.44. The fraction of sp³-hybridized carbons (Fsp3) is 0.500. The van der Waals surface area contributed by atoms with Crippen molar-refractivity contribution in [3.05, 3.63) is 42.0 Å². The van der Waals surface area contributed by atoms with Crippen LogP contribution in [0.25, 0.3) is 0 Å². The van der Waals surface area contributed by atoms with E-state index in [1.54, 1.807) is 6.07 Å². The molecule has 1 unspecified atom stereocenters. The molecule has 1 aliphatic heterocycles. The third-order valence-corrected chi connectivity index (χ3v) is 4.40. The molecule has 3 rings (SSSR count). The summed E-state index contributed by atoms with van der Waals surface area (Å²) in [6.45, 7) is 5.88. The molecular formula is C18H22FN5O3. The highest BCUT2D eigenvalue weighted by atomic mass is 19.1. The average molecular weight is 375 g/mol. The lowest BCUT2D eigenvalue weighted by atomic mass is 9.92. The second-order valence-corrected chi connectivity index (χ2v) is 7.45. The molecule has 1 N–H and O–H groups in total. The first-order chi connectivity index (χ1) is 12.7. The monoisotopic (exact) mass is 375 g/mol. The van der Waals surface area contributed by atoms with Gasteiger partial charge in [-0.25, -0.2) is 29.1 Å². The number of hydrogen-bond acceptors (Lipinski definition) is 6. The number of carbonyl (C=O) groups is 1. The van der Waals surface area contributed by atoms with Crippen molar-refractivity contribution in [3.8, 4) is 6.01 Å². The minimum Gasteiger partial charge on any atom is -0.465 e. The second kappa shape index (κ2) is 7.05. The Hall–Kier alpha value is -2.84. The van der Waals surface area contributed by atoms with Gasteiger partial charge in [0.1, 0.15) is 11.5 Å². The van der Waals surface area contributed by atoms with Crippen molar-refractivity contribution in [1.82, 2.24) is 24.8 Å². The third kappa shape index (κ3) is 3.67. The highest BCUT2D eigenvalue weighted by Gasteiger charge is 2.50. The topological polar surface area (TPSA) is 101 Å². The predicted octanol–water partition coefficient (Wildman–Crippen LogP) is 3.10. The number of carboxylic acid groups (broad SMARTS) is 1. The minimum absolute atomic E-state index is 0.0408. The van der Waals surface area contributed by atoms with E-state index in [4.69, 9.17) is 4.74 Å². The van der Waals surface area contributed by atoms with Crippen LogP contribution >= 0.6 is 0 Å². The summed E-state index contributed by atoms with van der Waals surface area (Å²) in [5, 5.41) is 9.77. The zero-order valence-corrected chi connectivity index (χ0v) is 15.5. The van der Waals surface area contributed by atoms with Gasteiger partial charge in [-0.2, -0.15) is 0 Å². The summed E-state index contributed by atoms with van der Waals surface area (Å²) >= 11 is 0. The summed E-state index contributed by atoms with van der Waals surface area (Å²) in [5.74, 6) is -0.334. The van der Waals surface area contributed by atoms with E-state index in [9.17, 15) is 14.3 Å². The molecule has 1 fully saturated rings. The van der Waals surface area contributed by atoms with Crippen molar-refractivity contribution in [2.45, 2.75) is 51.2 Å². The lowest BCUT2D eigenvalue weighted by molar-refractivity contribution is -0.110. The van der Waals surface area contributed by atoms with Gasteiger partial charge in [0.2, 0.25) is 5.72 Å². The molecule has 1 aliphatic rings. The molecule has 0 spiro atoms. The van der Waals surface area contributed by atoms with Crippen molar-refractivity contribution >= 4 is 6.09 Å². The number of aromatic nitrogens is 4. The number of piperidine rings is 1. The number of ether oxygens (including phenoxy) is 1. The first kappa shape index (κ1) is 18.9. The number of amides is 1. The Balaban J connectivity index is 2.19. The second-order valence-electron chi connectivity index (χ2n) is 7.45. The zero-order valence-electron chi connectivity index (χ0n) is 15.5. The Kier molecular flexibility index (Phi) is 4.95. The van der Waals surface area contributed by atoms with Crippen LogP contribution < -0.4 is 4.74 Å². The first-order valence-corrected chi connectivity index (χ1v) is 8.74. The zero-order chi connectivity index (χ0) is 19.7. The molecule has 0 saturated carbocycles. The quantitative estimate of drug-likeness (QED) is 0.879. The van der Waals surface area contributed by atoms with Gasteiger partial charge in [0, 0.05) is 30.8 Å². The van der Waals surface area contributed by atoms with Crippen molar-refractivity contribution in [2.24, 2.45) is 0 Å². The van der Waals surface area contributed by atoms with E-state index >= 15 is 0 Å². The molecule has 3 heterocycles. The van der Waals surface area contributed by atoms with Crippen LogP contribution in [0.2, 0.25) is 0 Å². The van der Waals surface area contributed by atoms with Gasteiger partial charge in [0.05, 0.1) is 6.20 Å². The Morgan fingerprint density at radius 1 is 1.26 bits per heavy atom. The fourth-order valence-corrected chi connectivity index (χ4v) is 3.09. The van der Waals surface area contributed by atoms with Gasteiger partial charge in [0.25, 0.3) is 0 Å². The fourth-order valence-electron chi connectivity index (χ4n) is 3.09. The summed E-state index contributed by atoms with van der Waals surface area (Å²) in [6, 6.07) is 1.57. The predicted molar refractivity (Wildman–Crippen MR) is 93.6 cm³/mol. The normalized spacial score (nSPS) is 20.4. The van der Waals surface area contributed by atoms with Crippen LogP contribution in [0, 0.1) is 5.82 Å². The molecule has 0 aromatic carbocycles. The summed E-state index contributed by atoms with van der Waals surface area (Å²) in [6.07, 6.45) is 4.31. The standard InChI is InChI=1S/C18H22FN5O3/c1-17(2,3)14-22-11-12(19)13(23-14)18(27-15-20-8-6-9-21-15)7-4-5-10-24(18)16(25)26/h6,8-9,11H,4-5,7,10H2,1-3H3,(H,25,26). The smallest absolute Gasteiger partial charge is 0.410 e. The van der Waals surface area contributed by atoms with Crippen molar-refractivity contribution in [1.29, 1.82) is 0 Å². The Morgan fingerprint density at radius 2 is 1.96 bits per heavy atom. The molecule has 2 aromatic rings. The van der Waals surface area contributed by atoms with Crippen LogP contribution in [-0.2, 0) is 11.1 Å². The molecular weight excluding hydrogens is 353 g/mol. The number of hydrogen-bond donors (Lipinski definition) is 1. The lowest BCUT2D eigenvalue weighted by Crippen LogP contribution is -2.56. The Bertz CT molecular complexity index is 827. The van der Waals surface area contributed by atoms with Gasteiger partial charge in [-0.1, -0.05) is 20.8 Å². The molecule has 8 nitrogen and oxygen atoms in total. The van der Waals surface area contributed by atoms with Crippen LogP contribution in [-0.4, -0.2) is 42.6 Å². The van der Waals surface area contributed by atoms with Crippen molar-refractivity contribution in [2.75, 3.05) is 6.54 Å². The molecule has 0 radical (unpaired) electrons. The summed E-state index contributed by atoms with van der Waals surface area (Å²) < 4.78 is 20.8. The maximum atomic E-state index is 14.9. The third-order valence-electron chi connectivity index (χ3n) is 4.40. The van der Waals surface area contributed by atoms with Crippen LogP contribution in [0.5, 0.6) is 6.01 Å². The van der Waals surface area contributed by atoms with E-state index in [1.165, 1.54) is 12.4 Å². The molecule has 27 heavy (non-hydrogen) atoms.